The predicted octanol–water partition coefficient (Wildman–Crippen LogP) is 1.36. The average Bonchev–Trinajstić information content (AvgIpc) is 3.27. The van der Waals surface area contributed by atoms with Gasteiger partial charge in [-0.05, 0) is 49.1 Å². The third kappa shape index (κ3) is 3.19. The molecule has 7 nitrogen and oxygen atoms in total. The van der Waals surface area contributed by atoms with E-state index in [9.17, 15) is 9.59 Å². The lowest BCUT2D eigenvalue weighted by Gasteiger charge is -2.35. The highest BCUT2D eigenvalue weighted by molar-refractivity contribution is 7.10. The molecule has 1 aliphatic carbocycles. The van der Waals surface area contributed by atoms with Crippen molar-refractivity contribution in [2.75, 3.05) is 13.1 Å². The molecule has 2 aromatic heterocycles. The second-order valence-electron chi connectivity index (χ2n) is 8.20. The lowest BCUT2D eigenvalue weighted by atomic mass is 10.0. The molecule has 0 radical (unpaired) electrons. The first-order chi connectivity index (χ1) is 13.0. The molecule has 0 bridgehead atoms. The Balaban J connectivity index is 1.36. The van der Waals surface area contributed by atoms with Crippen LogP contribution in [-0.2, 0) is 31.0 Å². The number of aromatic nitrogens is 3. The van der Waals surface area contributed by atoms with E-state index in [0.29, 0.717) is 31.4 Å². The van der Waals surface area contributed by atoms with Crippen LogP contribution in [0.25, 0.3) is 0 Å². The number of rotatable bonds is 4. The lowest BCUT2D eigenvalue weighted by molar-refractivity contribution is -0.0859. The van der Waals surface area contributed by atoms with E-state index in [4.69, 9.17) is 4.74 Å². The van der Waals surface area contributed by atoms with Gasteiger partial charge in [-0.1, -0.05) is 0 Å². The van der Waals surface area contributed by atoms with Gasteiger partial charge in [-0.25, -0.2) is 4.68 Å². The fourth-order valence-electron chi connectivity index (χ4n) is 4.15. The van der Waals surface area contributed by atoms with E-state index < -0.39 is 16.7 Å². The zero-order valence-electron chi connectivity index (χ0n) is 15.5. The summed E-state index contributed by atoms with van der Waals surface area (Å²) >= 11 is 1.78. The summed E-state index contributed by atoms with van der Waals surface area (Å²) in [5.41, 5.74) is -0.00571. The minimum absolute atomic E-state index is 0.298. The van der Waals surface area contributed by atoms with Gasteiger partial charge in [-0.2, -0.15) is 5.10 Å². The van der Waals surface area contributed by atoms with Gasteiger partial charge >= 0.3 is 11.1 Å². The number of thiophene rings is 1. The van der Waals surface area contributed by atoms with E-state index in [-0.39, 0.29) is 0 Å². The van der Waals surface area contributed by atoms with Gasteiger partial charge in [0, 0.05) is 31.1 Å². The first kappa shape index (κ1) is 17.3. The Labute approximate surface area is 161 Å². The average molecular weight is 388 g/mol. The number of nitrogens with zero attached hydrogens (tertiary/aromatic N) is 4. The Morgan fingerprint density at radius 1 is 1.30 bits per heavy atom. The summed E-state index contributed by atoms with van der Waals surface area (Å²) in [7, 11) is 0. The molecule has 0 N–H and O–H groups in total. The molecule has 0 amide bonds. The van der Waals surface area contributed by atoms with E-state index >= 15 is 0 Å². The Morgan fingerprint density at radius 3 is 2.89 bits per heavy atom. The molecule has 5 rings (SSSR count). The standard InChI is InChI=1S/C19H24N4O3S/c1-13-4-7-27-15(13)9-21-6-5-19(11-21)12-22-16(10-26-19)20-23(8-14-2-3-14)18(25)17(22)24/h4,7,14H,2-3,5-6,8-12H2,1H3. The van der Waals surface area contributed by atoms with E-state index in [0.717, 1.165) is 38.9 Å². The second-order valence-corrected chi connectivity index (χ2v) is 9.20. The SMILES string of the molecule is Cc1ccsc1CN1CCC2(C1)Cn1c(nn(CC3CC3)c(=O)c1=O)CO2. The molecule has 2 fully saturated rings. The van der Waals surface area contributed by atoms with Crippen LogP contribution in [0.1, 0.15) is 35.5 Å². The highest BCUT2D eigenvalue weighted by atomic mass is 32.1. The molecule has 8 heteroatoms. The van der Waals surface area contributed by atoms with Crippen LogP contribution in [0.4, 0.5) is 0 Å². The van der Waals surface area contributed by atoms with Crippen molar-refractivity contribution in [1.82, 2.24) is 19.2 Å². The Kier molecular flexibility index (Phi) is 4.10. The summed E-state index contributed by atoms with van der Waals surface area (Å²) in [5.74, 6) is 1.08. The third-order valence-electron chi connectivity index (χ3n) is 6.02. The first-order valence-electron chi connectivity index (χ1n) is 9.63. The summed E-state index contributed by atoms with van der Waals surface area (Å²) in [5, 5.41) is 6.56. The molecule has 4 heterocycles. The molecule has 3 aliphatic rings. The molecule has 1 atom stereocenters. The van der Waals surface area contributed by atoms with Crippen LogP contribution < -0.4 is 11.1 Å². The zero-order valence-corrected chi connectivity index (χ0v) is 16.3. The van der Waals surface area contributed by atoms with E-state index in [2.05, 4.69) is 28.4 Å². The highest BCUT2D eigenvalue weighted by Gasteiger charge is 2.43. The van der Waals surface area contributed by atoms with Gasteiger partial charge in [0.2, 0.25) is 0 Å². The summed E-state index contributed by atoms with van der Waals surface area (Å²) in [4.78, 5) is 28.9. The Bertz CT molecular complexity index is 990. The smallest absolute Gasteiger partial charge is 0.332 e. The number of fused-ring (bicyclic) bond motifs is 1. The summed E-state index contributed by atoms with van der Waals surface area (Å²) in [6, 6.07) is 2.15. The van der Waals surface area contributed by atoms with Crippen LogP contribution in [0.15, 0.2) is 21.0 Å². The summed E-state index contributed by atoms with van der Waals surface area (Å²) < 4.78 is 9.15. The van der Waals surface area contributed by atoms with E-state index in [1.807, 2.05) is 0 Å². The van der Waals surface area contributed by atoms with E-state index in [1.54, 1.807) is 15.9 Å². The molecular formula is C19H24N4O3S. The minimum atomic E-state index is -0.494. The predicted molar refractivity (Wildman–Crippen MR) is 102 cm³/mol. The van der Waals surface area contributed by atoms with Gasteiger partial charge in [0.1, 0.15) is 12.2 Å². The fourth-order valence-corrected chi connectivity index (χ4v) is 5.10. The Morgan fingerprint density at radius 2 is 2.15 bits per heavy atom. The van der Waals surface area contributed by atoms with Gasteiger partial charge in [0.05, 0.1) is 6.54 Å². The van der Waals surface area contributed by atoms with Crippen LogP contribution in [0.5, 0.6) is 0 Å². The normalized spacial score (nSPS) is 25.2. The van der Waals surface area contributed by atoms with Gasteiger partial charge in [-0.3, -0.25) is 19.1 Å². The van der Waals surface area contributed by atoms with Crippen molar-refractivity contribution in [3.63, 3.8) is 0 Å². The molecular weight excluding hydrogens is 364 g/mol. The van der Waals surface area contributed by atoms with Crippen molar-refractivity contribution in [2.45, 2.75) is 58.0 Å². The molecule has 1 saturated heterocycles. The number of likely N-dealkylation sites (tertiary alicyclic amines) is 1. The van der Waals surface area contributed by atoms with Crippen molar-refractivity contribution >= 4 is 11.3 Å². The van der Waals surface area contributed by atoms with Gasteiger partial charge in [0.25, 0.3) is 0 Å². The molecule has 1 spiro atoms. The maximum absolute atomic E-state index is 12.7. The highest BCUT2D eigenvalue weighted by Crippen LogP contribution is 2.33. The van der Waals surface area contributed by atoms with Crippen LogP contribution in [-0.4, -0.2) is 37.9 Å². The van der Waals surface area contributed by atoms with Gasteiger partial charge in [0.15, 0.2) is 5.82 Å². The molecule has 2 aromatic rings. The van der Waals surface area contributed by atoms with Crippen molar-refractivity contribution in [3.05, 3.63) is 48.4 Å². The minimum Gasteiger partial charge on any atom is -0.364 e. The topological polar surface area (TPSA) is 69.4 Å². The van der Waals surface area contributed by atoms with Crippen molar-refractivity contribution < 1.29 is 4.74 Å². The molecule has 2 aliphatic heterocycles. The Hall–Kier alpha value is -1.77. The number of hydrogen-bond acceptors (Lipinski definition) is 6. The van der Waals surface area contributed by atoms with Crippen molar-refractivity contribution in [3.8, 4) is 0 Å². The third-order valence-corrected chi connectivity index (χ3v) is 7.03. The monoisotopic (exact) mass is 388 g/mol. The first-order valence-corrected chi connectivity index (χ1v) is 10.5. The quantitative estimate of drug-likeness (QED) is 0.740. The number of hydrogen-bond donors (Lipinski definition) is 0. The van der Waals surface area contributed by atoms with Crippen LogP contribution in [0.2, 0.25) is 0 Å². The molecule has 1 unspecified atom stereocenters. The fraction of sp³-hybridized carbons (Fsp3) is 0.632. The largest absolute Gasteiger partial charge is 0.364 e. The molecule has 0 aromatic carbocycles. The number of aryl methyl sites for hydroxylation is 1. The summed E-state index contributed by atoms with van der Waals surface area (Å²) in [6.07, 6.45) is 3.10. The molecule has 144 valence electrons. The van der Waals surface area contributed by atoms with Crippen LogP contribution in [0, 0.1) is 12.8 Å². The lowest BCUT2D eigenvalue weighted by Crippen LogP contribution is -2.53. The van der Waals surface area contributed by atoms with Crippen molar-refractivity contribution in [1.29, 1.82) is 0 Å². The maximum atomic E-state index is 12.7. The number of ether oxygens (including phenoxy) is 1. The van der Waals surface area contributed by atoms with Crippen LogP contribution >= 0.6 is 11.3 Å². The summed E-state index contributed by atoms with van der Waals surface area (Å²) in [6.45, 7) is 6.05. The zero-order chi connectivity index (χ0) is 18.6. The molecule has 1 saturated carbocycles. The molecule has 27 heavy (non-hydrogen) atoms. The maximum Gasteiger partial charge on any atom is 0.332 e. The van der Waals surface area contributed by atoms with Crippen molar-refractivity contribution in [2.24, 2.45) is 5.92 Å². The van der Waals surface area contributed by atoms with E-state index in [1.165, 1.54) is 15.1 Å². The van der Waals surface area contributed by atoms with Crippen LogP contribution in [0.3, 0.4) is 0 Å². The second kappa shape index (κ2) is 6.39. The van der Waals surface area contributed by atoms with Gasteiger partial charge in [-0.15, -0.1) is 11.3 Å². The van der Waals surface area contributed by atoms with Gasteiger partial charge < -0.3 is 4.74 Å².